The number of hydrogen-bond donors (Lipinski definition) is 0. The topological polar surface area (TPSA) is 18.5 Å². The van der Waals surface area contributed by atoms with E-state index in [1.807, 2.05) is 0 Å². The molecule has 0 bridgehead atoms. The number of hydrogen-bond acceptors (Lipinski definition) is 3. The van der Waals surface area contributed by atoms with Gasteiger partial charge in [-0.2, -0.15) is 0 Å². The molecule has 2 nitrogen and oxygen atoms in total. The lowest BCUT2D eigenvalue weighted by molar-refractivity contribution is 0.0793. The lowest BCUT2D eigenvalue weighted by Crippen LogP contribution is -2.33. The van der Waals surface area contributed by atoms with Crippen LogP contribution in [0.1, 0.15) is 57.2 Å². The zero-order valence-electron chi connectivity index (χ0n) is 17.3. The maximum Gasteiger partial charge on any atom is 0.200 e. The minimum Gasteiger partial charge on any atom is -0.488 e. The normalized spacial score (nSPS) is 15.3. The van der Waals surface area contributed by atoms with Gasteiger partial charge in [-0.15, -0.1) is 11.3 Å². The van der Waals surface area contributed by atoms with Gasteiger partial charge in [-0.1, -0.05) is 39.5 Å². The van der Waals surface area contributed by atoms with Crippen molar-refractivity contribution >= 4 is 11.3 Å². The van der Waals surface area contributed by atoms with Crippen LogP contribution in [0.25, 0.3) is 10.4 Å². The summed E-state index contributed by atoms with van der Waals surface area (Å²) < 4.78 is 82.0. The fourth-order valence-corrected chi connectivity index (χ4v) is 4.86. The molecule has 1 aliphatic rings. The molecule has 0 amide bonds. The lowest BCUT2D eigenvalue weighted by atomic mass is 9.79. The van der Waals surface area contributed by atoms with Crippen LogP contribution in [0, 0.1) is 41.4 Å². The first kappa shape index (κ1) is 22.8. The van der Waals surface area contributed by atoms with Gasteiger partial charge in [0, 0.05) is 10.3 Å². The van der Waals surface area contributed by atoms with Crippen molar-refractivity contribution in [1.29, 1.82) is 0 Å². The molecule has 0 saturated heterocycles. The molecule has 3 rings (SSSR count). The van der Waals surface area contributed by atoms with Crippen molar-refractivity contribution in [3.63, 3.8) is 0 Å². The maximum atomic E-state index is 14.4. The molecule has 2 aromatic rings. The first-order valence-electron chi connectivity index (χ1n) is 10.2. The van der Waals surface area contributed by atoms with Crippen molar-refractivity contribution in [2.75, 3.05) is 13.2 Å². The predicted octanol–water partition coefficient (Wildman–Crippen LogP) is 7.56. The average Bonchev–Trinajstić information content (AvgIpc) is 2.92. The summed E-state index contributed by atoms with van der Waals surface area (Å²) in [4.78, 5) is 0.419. The van der Waals surface area contributed by atoms with Crippen molar-refractivity contribution in [3.8, 4) is 21.9 Å². The van der Waals surface area contributed by atoms with Gasteiger partial charge in [-0.05, 0) is 19.8 Å². The maximum absolute atomic E-state index is 14.4. The zero-order valence-corrected chi connectivity index (χ0v) is 18.1. The average molecular weight is 448 g/mol. The summed E-state index contributed by atoms with van der Waals surface area (Å²) in [6, 6.07) is 0. The highest BCUT2D eigenvalue weighted by Crippen LogP contribution is 2.52. The van der Waals surface area contributed by atoms with E-state index in [-0.39, 0.29) is 22.6 Å². The summed E-state index contributed by atoms with van der Waals surface area (Å²) in [6.45, 7) is 6.50. The smallest absolute Gasteiger partial charge is 0.200 e. The molecule has 1 aromatic heterocycles. The highest BCUT2D eigenvalue weighted by molar-refractivity contribution is 7.16. The first-order chi connectivity index (χ1) is 14.3. The predicted molar refractivity (Wildman–Crippen MR) is 107 cm³/mol. The molecule has 0 fully saturated rings. The van der Waals surface area contributed by atoms with Crippen molar-refractivity contribution < 1.29 is 31.4 Å². The van der Waals surface area contributed by atoms with E-state index in [9.17, 15) is 22.0 Å². The Morgan fingerprint density at radius 1 is 0.767 bits per heavy atom. The van der Waals surface area contributed by atoms with Crippen LogP contribution in [0.15, 0.2) is 0 Å². The summed E-state index contributed by atoms with van der Waals surface area (Å²) in [5.74, 6) is -9.50. The number of rotatable bonds is 7. The van der Waals surface area contributed by atoms with E-state index >= 15 is 0 Å². The number of unbranched alkanes of at least 4 members (excludes halogenated alkanes) is 2. The minimum absolute atomic E-state index is 0.0515. The summed E-state index contributed by atoms with van der Waals surface area (Å²) in [6.07, 6.45) is 5.70. The molecule has 0 N–H and O–H groups in total. The molecule has 0 saturated carbocycles. The quantitative estimate of drug-likeness (QED) is 0.247. The van der Waals surface area contributed by atoms with Gasteiger partial charge >= 0.3 is 0 Å². The van der Waals surface area contributed by atoms with E-state index < -0.39 is 34.6 Å². The van der Waals surface area contributed by atoms with E-state index in [1.165, 1.54) is 0 Å². The van der Waals surface area contributed by atoms with Crippen molar-refractivity contribution in [3.05, 3.63) is 34.0 Å². The van der Waals surface area contributed by atoms with Gasteiger partial charge in [0.2, 0.25) is 5.82 Å². The van der Waals surface area contributed by atoms with Crippen LogP contribution in [0.4, 0.5) is 22.0 Å². The molecule has 0 unspecified atom stereocenters. The highest BCUT2D eigenvalue weighted by Gasteiger charge is 2.38. The van der Waals surface area contributed by atoms with Crippen LogP contribution in [0.3, 0.4) is 0 Å². The number of ether oxygens (including phenoxy) is 2. The second-order valence-corrected chi connectivity index (χ2v) is 9.10. The van der Waals surface area contributed by atoms with Crippen LogP contribution in [0.5, 0.6) is 11.5 Å². The summed E-state index contributed by atoms with van der Waals surface area (Å²) in [5, 5.41) is 0. The van der Waals surface area contributed by atoms with Crippen LogP contribution in [-0.2, 0) is 0 Å². The molecule has 0 aliphatic carbocycles. The standard InChI is InChI=1S/C22H25F5O2S/c1-4-6-8-22(9-7-5-2)10-28-19-12(3)30-21(20(19)29-11-22)13-14(23)16(25)18(27)17(26)15(13)24/h4-11H2,1-3H3. The molecule has 1 aliphatic heterocycles. The molecular weight excluding hydrogens is 423 g/mol. The fraction of sp³-hybridized carbons (Fsp3) is 0.545. The highest BCUT2D eigenvalue weighted by atomic mass is 32.1. The van der Waals surface area contributed by atoms with Crippen molar-refractivity contribution in [2.45, 2.75) is 59.3 Å². The van der Waals surface area contributed by atoms with E-state index in [4.69, 9.17) is 9.47 Å². The van der Waals surface area contributed by atoms with Crippen molar-refractivity contribution in [1.82, 2.24) is 0 Å². The number of fused-ring (bicyclic) bond motifs is 1. The first-order valence-corrected chi connectivity index (χ1v) is 11.0. The Labute approximate surface area is 177 Å². The van der Waals surface area contributed by atoms with Gasteiger partial charge in [0.1, 0.15) is 0 Å². The number of benzene rings is 1. The Morgan fingerprint density at radius 2 is 1.23 bits per heavy atom. The molecular formula is C22H25F5O2S. The molecule has 1 aromatic carbocycles. The summed E-state index contributed by atoms with van der Waals surface area (Å²) in [5.41, 5.74) is -1.23. The zero-order chi connectivity index (χ0) is 22.1. The van der Waals surface area contributed by atoms with Crippen LogP contribution >= 0.6 is 11.3 Å². The monoisotopic (exact) mass is 448 g/mol. The van der Waals surface area contributed by atoms with E-state index in [1.54, 1.807) is 6.92 Å². The second-order valence-electron chi connectivity index (χ2n) is 7.87. The Hall–Kier alpha value is -1.83. The van der Waals surface area contributed by atoms with E-state index in [2.05, 4.69) is 13.8 Å². The lowest BCUT2D eigenvalue weighted by Gasteiger charge is -2.31. The third kappa shape index (κ3) is 4.03. The molecule has 0 atom stereocenters. The van der Waals surface area contributed by atoms with E-state index in [0.717, 1.165) is 49.9 Å². The van der Waals surface area contributed by atoms with E-state index in [0.29, 0.717) is 17.2 Å². The Balaban J connectivity index is 2.05. The van der Waals surface area contributed by atoms with Gasteiger partial charge in [0.25, 0.3) is 0 Å². The van der Waals surface area contributed by atoms with Crippen molar-refractivity contribution in [2.24, 2.45) is 5.41 Å². The molecule has 0 spiro atoms. The van der Waals surface area contributed by atoms with Crippen LogP contribution < -0.4 is 9.47 Å². The molecule has 166 valence electrons. The van der Waals surface area contributed by atoms with Gasteiger partial charge in [0.05, 0.1) is 23.7 Å². The Kier molecular flexibility index (Phi) is 6.95. The SMILES string of the molecule is CCCCC1(CCCC)COc2c(C)sc(-c3c(F)c(F)c(F)c(F)c3F)c2OC1. The van der Waals surface area contributed by atoms with Crippen LogP contribution in [0.2, 0.25) is 0 Å². The largest absolute Gasteiger partial charge is 0.488 e. The number of aryl methyl sites for hydroxylation is 1. The fourth-order valence-electron chi connectivity index (χ4n) is 3.79. The van der Waals surface area contributed by atoms with Gasteiger partial charge in [-0.3, -0.25) is 0 Å². The minimum atomic E-state index is -2.18. The molecule has 30 heavy (non-hydrogen) atoms. The second kappa shape index (κ2) is 9.12. The molecule has 2 heterocycles. The Morgan fingerprint density at radius 3 is 1.73 bits per heavy atom. The molecule has 8 heteroatoms. The summed E-state index contributed by atoms with van der Waals surface area (Å²) >= 11 is 0.894. The van der Waals surface area contributed by atoms with Crippen LogP contribution in [-0.4, -0.2) is 13.2 Å². The Bertz CT molecular complexity index is 888. The molecule has 0 radical (unpaired) electrons. The number of thiophene rings is 1. The third-order valence-corrected chi connectivity index (χ3v) is 6.68. The van der Waals surface area contributed by atoms with Gasteiger partial charge < -0.3 is 9.47 Å². The van der Waals surface area contributed by atoms with Gasteiger partial charge in [-0.25, -0.2) is 22.0 Å². The summed E-state index contributed by atoms with van der Waals surface area (Å²) in [7, 11) is 0. The number of halogens is 5. The van der Waals surface area contributed by atoms with Gasteiger partial charge in [0.15, 0.2) is 34.8 Å². The third-order valence-electron chi connectivity index (χ3n) is 5.59.